The second-order valence-corrected chi connectivity index (χ2v) is 15.6. The van der Waals surface area contributed by atoms with E-state index >= 15 is 0 Å². The lowest BCUT2D eigenvalue weighted by atomic mass is 9.97. The minimum absolute atomic E-state index is 0.0306. The molecule has 0 radical (unpaired) electrons. The van der Waals surface area contributed by atoms with Crippen molar-refractivity contribution in [1.82, 2.24) is 14.9 Å². The van der Waals surface area contributed by atoms with Crippen molar-refractivity contribution < 1.29 is 42.0 Å². The summed E-state index contributed by atoms with van der Waals surface area (Å²) < 4.78 is 58.1. The lowest BCUT2D eigenvalue weighted by Crippen LogP contribution is -2.52. The second kappa shape index (κ2) is 15.1. The third-order valence-electron chi connectivity index (χ3n) is 8.87. The van der Waals surface area contributed by atoms with Crippen LogP contribution >= 0.6 is 0 Å². The lowest BCUT2D eigenvalue weighted by molar-refractivity contribution is -0.0908. The van der Waals surface area contributed by atoms with E-state index in [-0.39, 0.29) is 48.9 Å². The summed E-state index contributed by atoms with van der Waals surface area (Å²) in [6.45, 7) is 9.21. The van der Waals surface area contributed by atoms with E-state index in [1.165, 1.54) is 23.5 Å². The highest BCUT2D eigenvalue weighted by Crippen LogP contribution is 2.34. The number of carbonyl (C=O) groups is 1. The number of carbonyl (C=O) groups excluding carboxylic acids is 1. The van der Waals surface area contributed by atoms with Gasteiger partial charge in [-0.25, -0.2) is 13.2 Å². The average Bonchev–Trinajstić information content (AvgIpc) is 3.61. The minimum Gasteiger partial charge on any atom is -0.497 e. The number of nitrogens with one attached hydrogen (secondary N) is 2. The Bertz CT molecular complexity index is 1450. The maximum absolute atomic E-state index is 13.8. The summed E-state index contributed by atoms with van der Waals surface area (Å²) in [6, 6.07) is 12.7. The Morgan fingerprint density at radius 1 is 1.09 bits per heavy atom. The fourth-order valence-electron chi connectivity index (χ4n) is 6.49. The SMILES string of the molecule is COc1ccc(S(=O)(=O)N(CC(C)C)C[C@@H](O)[C@@H]2Cc3cccc(c3)OC(C)(C)CCCN[C@H]3CO[C@@H]4OC[C@H](OC(=O)N2)[C@@H]43)cc1. The van der Waals surface area contributed by atoms with Crippen molar-refractivity contribution in [3.8, 4) is 11.5 Å². The summed E-state index contributed by atoms with van der Waals surface area (Å²) in [6.07, 6.45) is -1.15. The van der Waals surface area contributed by atoms with Crippen molar-refractivity contribution in [2.45, 2.75) is 88.0 Å². The zero-order valence-electron chi connectivity index (χ0n) is 27.9. The summed E-state index contributed by atoms with van der Waals surface area (Å²) in [5, 5.41) is 18.1. The number of nitrogens with zero attached hydrogens (tertiary/aromatic N) is 1. The molecule has 6 atom stereocenters. The molecule has 2 aromatic carbocycles. The highest BCUT2D eigenvalue weighted by atomic mass is 32.2. The van der Waals surface area contributed by atoms with Crippen LogP contribution in [-0.4, -0.2) is 100 Å². The molecule has 1 amide bonds. The van der Waals surface area contributed by atoms with Gasteiger partial charge in [-0.1, -0.05) is 26.0 Å². The van der Waals surface area contributed by atoms with Gasteiger partial charge in [0.2, 0.25) is 10.0 Å². The Morgan fingerprint density at radius 3 is 2.55 bits per heavy atom. The maximum atomic E-state index is 13.8. The van der Waals surface area contributed by atoms with Gasteiger partial charge in [-0.15, -0.1) is 0 Å². The van der Waals surface area contributed by atoms with Crippen LogP contribution in [0.4, 0.5) is 4.79 Å². The number of rotatable bonds is 8. The Balaban J connectivity index is 1.42. The normalized spacial score (nSPS) is 27.3. The van der Waals surface area contributed by atoms with Gasteiger partial charge in [0.15, 0.2) is 6.29 Å². The van der Waals surface area contributed by atoms with E-state index in [4.69, 9.17) is 23.7 Å². The van der Waals surface area contributed by atoms with Crippen molar-refractivity contribution in [3.63, 3.8) is 0 Å². The van der Waals surface area contributed by atoms with Gasteiger partial charge in [0, 0.05) is 19.1 Å². The van der Waals surface area contributed by atoms with Crippen LogP contribution in [0.15, 0.2) is 53.4 Å². The van der Waals surface area contributed by atoms with E-state index in [1.54, 1.807) is 12.1 Å². The molecule has 13 heteroatoms. The molecule has 3 aliphatic heterocycles. The molecule has 3 heterocycles. The summed E-state index contributed by atoms with van der Waals surface area (Å²) in [5.74, 6) is 0.985. The van der Waals surface area contributed by atoms with Crippen molar-refractivity contribution in [3.05, 3.63) is 54.1 Å². The van der Waals surface area contributed by atoms with Gasteiger partial charge in [-0.05, 0) is 87.5 Å². The molecule has 0 spiro atoms. The first-order valence-corrected chi connectivity index (χ1v) is 17.8. The molecular formula is C34H49N3O9S. The Kier molecular flexibility index (Phi) is 11.4. The number of alkyl carbamates (subject to hydrolysis) is 1. The number of benzene rings is 2. The maximum Gasteiger partial charge on any atom is 0.407 e. The largest absolute Gasteiger partial charge is 0.497 e. The number of fused-ring (bicyclic) bond motifs is 2. The van der Waals surface area contributed by atoms with Crippen LogP contribution in [0.3, 0.4) is 0 Å². The topological polar surface area (TPSA) is 145 Å². The van der Waals surface area contributed by atoms with E-state index in [9.17, 15) is 18.3 Å². The molecule has 0 saturated carbocycles. The van der Waals surface area contributed by atoms with Crippen molar-refractivity contribution in [2.24, 2.45) is 11.8 Å². The predicted molar refractivity (Wildman–Crippen MR) is 175 cm³/mol. The van der Waals surface area contributed by atoms with Crippen LogP contribution < -0.4 is 20.1 Å². The van der Waals surface area contributed by atoms with Crippen LogP contribution in [0.5, 0.6) is 11.5 Å². The van der Waals surface area contributed by atoms with Crippen LogP contribution in [0.2, 0.25) is 0 Å². The molecule has 2 saturated heterocycles. The smallest absolute Gasteiger partial charge is 0.407 e. The summed E-state index contributed by atoms with van der Waals surface area (Å²) in [4.78, 5) is 13.5. The molecule has 0 unspecified atom stereocenters. The number of amides is 1. The monoisotopic (exact) mass is 675 g/mol. The van der Waals surface area contributed by atoms with Gasteiger partial charge in [0.05, 0.1) is 43.3 Å². The van der Waals surface area contributed by atoms with Crippen LogP contribution in [-0.2, 0) is 30.7 Å². The molecule has 12 nitrogen and oxygen atoms in total. The van der Waals surface area contributed by atoms with Crippen LogP contribution in [0, 0.1) is 11.8 Å². The lowest BCUT2D eigenvalue weighted by Gasteiger charge is -2.31. The standard InChI is InChI=1S/C34H49N3O9S/c1-22(2)18-37(47(40,41)26-12-10-24(42-5)11-13-26)19-29(38)27-17-23-8-6-9-25(16-23)46-34(3,4)14-7-15-35-28-20-43-32-31(28)30(21-44-32)45-33(39)36-27/h6,8-13,16,22,27-32,35,38H,7,14-15,17-21H2,1-5H3,(H,36,39)/t27-,28-,29+,30-,31-,32+/m0/s1. The fourth-order valence-corrected chi connectivity index (χ4v) is 8.11. The summed E-state index contributed by atoms with van der Waals surface area (Å²) >= 11 is 0. The molecule has 3 N–H and O–H groups in total. The molecule has 3 aliphatic rings. The predicted octanol–water partition coefficient (Wildman–Crippen LogP) is 3.32. The van der Waals surface area contributed by atoms with Gasteiger partial charge < -0.3 is 39.4 Å². The van der Waals surface area contributed by atoms with E-state index < -0.39 is 46.3 Å². The highest BCUT2D eigenvalue weighted by molar-refractivity contribution is 7.89. The zero-order valence-corrected chi connectivity index (χ0v) is 28.7. The summed E-state index contributed by atoms with van der Waals surface area (Å²) in [7, 11) is -2.49. The molecule has 5 rings (SSSR count). The van der Waals surface area contributed by atoms with Crippen molar-refractivity contribution in [1.29, 1.82) is 0 Å². The van der Waals surface area contributed by atoms with Gasteiger partial charge in [0.1, 0.15) is 23.2 Å². The molecular weight excluding hydrogens is 626 g/mol. The van der Waals surface area contributed by atoms with Gasteiger partial charge >= 0.3 is 6.09 Å². The van der Waals surface area contributed by atoms with Crippen LogP contribution in [0.25, 0.3) is 0 Å². The van der Waals surface area contributed by atoms with Gasteiger partial charge in [-0.3, -0.25) is 0 Å². The minimum atomic E-state index is -4.00. The number of aliphatic hydroxyl groups is 1. The molecule has 260 valence electrons. The fraction of sp³-hybridized carbons (Fsp3) is 0.618. The number of hydrogen-bond acceptors (Lipinski definition) is 10. The quantitative estimate of drug-likeness (QED) is 0.381. The first-order valence-electron chi connectivity index (χ1n) is 16.4. The zero-order chi connectivity index (χ0) is 33.8. The molecule has 2 fully saturated rings. The van der Waals surface area contributed by atoms with E-state index in [0.717, 1.165) is 24.9 Å². The average molecular weight is 676 g/mol. The third kappa shape index (κ3) is 8.95. The number of methoxy groups -OCH3 is 1. The highest BCUT2D eigenvalue weighted by Gasteiger charge is 2.50. The molecule has 0 aromatic heterocycles. The number of sulfonamides is 1. The Morgan fingerprint density at radius 2 is 1.83 bits per heavy atom. The van der Waals surface area contributed by atoms with Crippen LogP contribution in [0.1, 0.15) is 46.1 Å². The molecule has 2 bridgehead atoms. The van der Waals surface area contributed by atoms with Crippen molar-refractivity contribution >= 4 is 16.1 Å². The van der Waals surface area contributed by atoms with Gasteiger partial charge in [-0.2, -0.15) is 4.31 Å². The molecule has 0 aliphatic carbocycles. The van der Waals surface area contributed by atoms with E-state index in [0.29, 0.717) is 18.1 Å². The van der Waals surface area contributed by atoms with Gasteiger partial charge in [0.25, 0.3) is 0 Å². The first kappa shape index (κ1) is 35.4. The number of ether oxygens (including phenoxy) is 5. The van der Waals surface area contributed by atoms with E-state index in [1.807, 2.05) is 38.1 Å². The molecule has 47 heavy (non-hydrogen) atoms. The summed E-state index contributed by atoms with van der Waals surface area (Å²) in [5.41, 5.74) is 0.362. The van der Waals surface area contributed by atoms with E-state index in [2.05, 4.69) is 24.5 Å². The third-order valence-corrected chi connectivity index (χ3v) is 10.7. The Labute approximate surface area is 278 Å². The molecule has 2 aromatic rings. The Hall–Kier alpha value is -2.94. The second-order valence-electron chi connectivity index (χ2n) is 13.6. The number of aliphatic hydroxyl groups excluding tert-OH is 1. The first-order chi connectivity index (χ1) is 22.3. The van der Waals surface area contributed by atoms with Crippen molar-refractivity contribution in [2.75, 3.05) is 40.0 Å². The number of hydrogen-bond donors (Lipinski definition) is 3.